The number of ether oxygens (including phenoxy) is 1. The molecule has 2 heterocycles. The maximum atomic E-state index is 6.16. The Labute approximate surface area is 111 Å². The first-order valence-corrected chi connectivity index (χ1v) is 6.61. The van der Waals surface area contributed by atoms with Crippen molar-refractivity contribution in [2.75, 3.05) is 13.6 Å². The minimum absolute atomic E-state index is 0.187. The van der Waals surface area contributed by atoms with Gasteiger partial charge in [0, 0.05) is 12.6 Å². The molecule has 2 bridgehead atoms. The van der Waals surface area contributed by atoms with Gasteiger partial charge in [-0.25, -0.2) is 0 Å². The van der Waals surface area contributed by atoms with E-state index in [4.69, 9.17) is 27.9 Å². The van der Waals surface area contributed by atoms with Gasteiger partial charge >= 0.3 is 0 Å². The Hall–Kier alpha value is -0.280. The molecule has 0 amide bonds. The Morgan fingerprint density at radius 3 is 2.71 bits per heavy atom. The SMILES string of the molecule is CC1OC2(c3ccc(Cl)c(Cl)c3)CC1N(C)C2. The van der Waals surface area contributed by atoms with Crippen LogP contribution in [0.5, 0.6) is 0 Å². The van der Waals surface area contributed by atoms with E-state index >= 15 is 0 Å². The Morgan fingerprint density at radius 1 is 1.35 bits per heavy atom. The molecule has 3 atom stereocenters. The van der Waals surface area contributed by atoms with E-state index in [0.29, 0.717) is 16.1 Å². The van der Waals surface area contributed by atoms with Crippen LogP contribution in [0.3, 0.4) is 0 Å². The van der Waals surface area contributed by atoms with E-state index in [1.165, 1.54) is 0 Å². The fourth-order valence-corrected chi connectivity index (χ4v) is 3.48. The molecule has 0 saturated carbocycles. The fourth-order valence-electron chi connectivity index (χ4n) is 3.18. The van der Waals surface area contributed by atoms with Crippen molar-refractivity contribution in [3.63, 3.8) is 0 Å². The molecule has 0 aromatic heterocycles. The van der Waals surface area contributed by atoms with Crippen LogP contribution in [0.1, 0.15) is 18.9 Å². The fraction of sp³-hybridized carbons (Fsp3) is 0.538. The number of hydrogen-bond acceptors (Lipinski definition) is 2. The standard InChI is InChI=1S/C13H15Cl2NO/c1-8-12-6-13(17-8,7-16(12)2)9-3-4-10(14)11(15)5-9/h3-5,8,12H,6-7H2,1-2H3. The average Bonchev–Trinajstić information content (AvgIpc) is 2.76. The summed E-state index contributed by atoms with van der Waals surface area (Å²) in [6, 6.07) is 6.35. The molecule has 17 heavy (non-hydrogen) atoms. The van der Waals surface area contributed by atoms with Crippen LogP contribution in [-0.4, -0.2) is 30.6 Å². The van der Waals surface area contributed by atoms with Crippen molar-refractivity contribution in [2.45, 2.75) is 31.1 Å². The van der Waals surface area contributed by atoms with Gasteiger partial charge in [-0.05, 0) is 38.1 Å². The third kappa shape index (κ3) is 1.70. The Balaban J connectivity index is 2.01. The topological polar surface area (TPSA) is 12.5 Å². The maximum absolute atomic E-state index is 6.16. The van der Waals surface area contributed by atoms with Gasteiger partial charge in [-0.1, -0.05) is 29.3 Å². The predicted octanol–water partition coefficient (Wildman–Crippen LogP) is 3.31. The highest BCUT2D eigenvalue weighted by Gasteiger charge is 2.54. The van der Waals surface area contributed by atoms with Gasteiger partial charge in [-0.3, -0.25) is 4.90 Å². The van der Waals surface area contributed by atoms with Crippen LogP contribution in [0.2, 0.25) is 10.0 Å². The first-order chi connectivity index (χ1) is 8.02. The smallest absolute Gasteiger partial charge is 0.108 e. The van der Waals surface area contributed by atoms with E-state index in [0.717, 1.165) is 18.5 Å². The zero-order valence-corrected chi connectivity index (χ0v) is 11.4. The Morgan fingerprint density at radius 2 is 2.12 bits per heavy atom. The lowest BCUT2D eigenvalue weighted by molar-refractivity contribution is -0.0868. The van der Waals surface area contributed by atoms with E-state index in [2.05, 4.69) is 18.9 Å². The molecule has 3 rings (SSSR count). The van der Waals surface area contributed by atoms with Crippen LogP contribution in [0, 0.1) is 0 Å². The predicted molar refractivity (Wildman–Crippen MR) is 69.7 cm³/mol. The zero-order chi connectivity index (χ0) is 12.2. The molecule has 0 radical (unpaired) electrons. The molecule has 2 nitrogen and oxygen atoms in total. The van der Waals surface area contributed by atoms with Crippen molar-refractivity contribution in [1.29, 1.82) is 0 Å². The second-order valence-electron chi connectivity index (χ2n) is 5.13. The first-order valence-electron chi connectivity index (χ1n) is 5.85. The third-order valence-electron chi connectivity index (χ3n) is 4.01. The number of morpholine rings is 1. The zero-order valence-electron chi connectivity index (χ0n) is 9.91. The first kappa shape index (κ1) is 11.8. The lowest BCUT2D eigenvalue weighted by Crippen LogP contribution is -2.43. The molecule has 1 aromatic rings. The minimum Gasteiger partial charge on any atom is -0.364 e. The van der Waals surface area contributed by atoms with Crippen molar-refractivity contribution in [1.82, 2.24) is 4.90 Å². The summed E-state index contributed by atoms with van der Waals surface area (Å²) in [6.07, 6.45) is 1.33. The molecular formula is C13H15Cl2NO. The Bertz CT molecular complexity index is 451. The highest BCUT2D eigenvalue weighted by Crippen LogP contribution is 2.48. The molecule has 1 aromatic carbocycles. The number of halogens is 2. The number of rotatable bonds is 1. The molecule has 0 N–H and O–H groups in total. The second kappa shape index (κ2) is 3.86. The largest absolute Gasteiger partial charge is 0.364 e. The van der Waals surface area contributed by atoms with Gasteiger partial charge in [0.05, 0.1) is 16.1 Å². The van der Waals surface area contributed by atoms with Crippen LogP contribution in [0.25, 0.3) is 0 Å². The third-order valence-corrected chi connectivity index (χ3v) is 4.75. The van der Waals surface area contributed by atoms with Crippen molar-refractivity contribution in [2.24, 2.45) is 0 Å². The number of likely N-dealkylation sites (tertiary alicyclic amines) is 1. The van der Waals surface area contributed by atoms with Crippen molar-refractivity contribution in [3.05, 3.63) is 33.8 Å². The molecule has 2 fully saturated rings. The van der Waals surface area contributed by atoms with Gasteiger partial charge in [-0.2, -0.15) is 0 Å². The van der Waals surface area contributed by atoms with Crippen LogP contribution < -0.4 is 0 Å². The molecule has 2 saturated heterocycles. The summed E-state index contributed by atoms with van der Waals surface area (Å²) in [5, 5.41) is 1.20. The van der Waals surface area contributed by atoms with Gasteiger partial charge in [0.1, 0.15) is 5.60 Å². The molecule has 0 aliphatic carbocycles. The number of likely N-dealkylation sites (N-methyl/N-ethyl adjacent to an activating group) is 1. The molecule has 0 spiro atoms. The van der Waals surface area contributed by atoms with Gasteiger partial charge in [0.2, 0.25) is 0 Å². The number of hydrogen-bond donors (Lipinski definition) is 0. The molecule has 2 aliphatic rings. The summed E-state index contributed by atoms with van der Waals surface area (Å²) in [5.41, 5.74) is 0.957. The van der Waals surface area contributed by atoms with Gasteiger partial charge < -0.3 is 4.74 Å². The average molecular weight is 272 g/mol. The summed E-state index contributed by atoms with van der Waals surface area (Å²) in [5.74, 6) is 0. The van der Waals surface area contributed by atoms with E-state index < -0.39 is 0 Å². The van der Waals surface area contributed by atoms with E-state index in [-0.39, 0.29) is 11.7 Å². The summed E-state index contributed by atoms with van der Waals surface area (Å²) in [4.78, 5) is 2.37. The summed E-state index contributed by atoms with van der Waals surface area (Å²) >= 11 is 12.1. The second-order valence-corrected chi connectivity index (χ2v) is 5.95. The lowest BCUT2D eigenvalue weighted by Gasteiger charge is -2.34. The normalized spacial score (nSPS) is 36.7. The number of benzene rings is 1. The lowest BCUT2D eigenvalue weighted by atomic mass is 9.93. The van der Waals surface area contributed by atoms with Gasteiger partial charge in [0.25, 0.3) is 0 Å². The van der Waals surface area contributed by atoms with Crippen molar-refractivity contribution in [3.8, 4) is 0 Å². The maximum Gasteiger partial charge on any atom is 0.108 e. The molecule has 92 valence electrons. The highest BCUT2D eigenvalue weighted by atomic mass is 35.5. The van der Waals surface area contributed by atoms with Gasteiger partial charge in [0.15, 0.2) is 0 Å². The summed E-state index contributed by atoms with van der Waals surface area (Å²) in [7, 11) is 2.16. The highest BCUT2D eigenvalue weighted by molar-refractivity contribution is 6.42. The molecule has 4 heteroatoms. The minimum atomic E-state index is -0.187. The number of nitrogens with zero attached hydrogens (tertiary/aromatic N) is 1. The summed E-state index contributed by atoms with van der Waals surface area (Å²) in [6.45, 7) is 3.07. The van der Waals surface area contributed by atoms with Crippen molar-refractivity contribution < 1.29 is 4.74 Å². The molecule has 2 aliphatic heterocycles. The molecule has 3 unspecified atom stereocenters. The Kier molecular flexibility index (Phi) is 2.67. The van der Waals surface area contributed by atoms with E-state index in [1.807, 2.05) is 18.2 Å². The molecular weight excluding hydrogens is 257 g/mol. The summed E-state index contributed by atoms with van der Waals surface area (Å²) < 4.78 is 6.16. The number of fused-ring (bicyclic) bond motifs is 2. The van der Waals surface area contributed by atoms with E-state index in [1.54, 1.807) is 0 Å². The van der Waals surface area contributed by atoms with Crippen LogP contribution in [0.15, 0.2) is 18.2 Å². The van der Waals surface area contributed by atoms with Crippen LogP contribution in [-0.2, 0) is 10.3 Å². The van der Waals surface area contributed by atoms with Crippen LogP contribution in [0.4, 0.5) is 0 Å². The monoisotopic (exact) mass is 271 g/mol. The van der Waals surface area contributed by atoms with Gasteiger partial charge in [-0.15, -0.1) is 0 Å². The quantitative estimate of drug-likeness (QED) is 0.777. The van der Waals surface area contributed by atoms with Crippen LogP contribution >= 0.6 is 23.2 Å². The van der Waals surface area contributed by atoms with E-state index in [9.17, 15) is 0 Å². The van der Waals surface area contributed by atoms with Crippen molar-refractivity contribution >= 4 is 23.2 Å².